The van der Waals surface area contributed by atoms with Gasteiger partial charge in [0.2, 0.25) is 0 Å². The van der Waals surface area contributed by atoms with Crippen LogP contribution in [0.15, 0.2) is 79.3 Å². The number of hydrogen-bond donors (Lipinski definition) is 1. The Kier molecular flexibility index (Phi) is 5.92. The molecule has 1 fully saturated rings. The number of benzene rings is 2. The monoisotopic (exact) mass is 458 g/mol. The van der Waals surface area contributed by atoms with Gasteiger partial charge in [0.15, 0.2) is 0 Å². The molecule has 0 atom stereocenters. The molecule has 3 aromatic heterocycles. The van der Waals surface area contributed by atoms with E-state index in [-0.39, 0.29) is 0 Å². The van der Waals surface area contributed by atoms with Gasteiger partial charge in [-0.15, -0.1) is 0 Å². The fraction of sp³-hybridized carbons (Fsp3) is 0.250. The zero-order valence-electron chi connectivity index (χ0n) is 19.6. The highest BCUT2D eigenvalue weighted by Crippen LogP contribution is 2.30. The molecule has 1 saturated heterocycles. The first kappa shape index (κ1) is 21.8. The molecule has 2 radical (unpaired) electrons. The van der Waals surface area contributed by atoms with Crippen LogP contribution in [-0.2, 0) is 13.1 Å². The Hall–Kier alpha value is -3.71. The zero-order valence-corrected chi connectivity index (χ0v) is 19.6. The van der Waals surface area contributed by atoms with Crippen molar-refractivity contribution in [3.8, 4) is 0 Å². The van der Waals surface area contributed by atoms with E-state index in [1.54, 1.807) is 16.9 Å². The molecule has 4 heterocycles. The second-order valence-corrected chi connectivity index (χ2v) is 9.31. The van der Waals surface area contributed by atoms with Crippen molar-refractivity contribution in [2.75, 3.05) is 18.4 Å². The molecule has 0 spiro atoms. The van der Waals surface area contributed by atoms with Gasteiger partial charge in [-0.3, -0.25) is 9.88 Å². The third-order valence-electron chi connectivity index (χ3n) is 7.00. The van der Waals surface area contributed by atoms with Gasteiger partial charge in [0.1, 0.15) is 19.3 Å². The lowest BCUT2D eigenvalue weighted by molar-refractivity contribution is 0.204. The molecule has 6 rings (SSSR count). The first-order valence-electron chi connectivity index (χ1n) is 12.2. The standard InChI is InChI=1S/C28H27BN6/c29-25-18-32-35-27(31-17-20-5-4-12-30-16-20)15-26(33-28(25)35)22-10-13-34(14-11-22)19-23-8-3-7-21-6-1-2-9-24(21)23/h1-9,12,15-16,18,22,31H,10-11,13-14,17,19H2. The van der Waals surface area contributed by atoms with Crippen LogP contribution in [0.2, 0.25) is 0 Å². The Morgan fingerprint density at radius 2 is 1.83 bits per heavy atom. The van der Waals surface area contributed by atoms with E-state index in [2.05, 4.69) is 74.9 Å². The lowest BCUT2D eigenvalue weighted by atomic mass is 9.92. The van der Waals surface area contributed by atoms with Crippen LogP contribution in [0.25, 0.3) is 16.4 Å². The fourth-order valence-electron chi connectivity index (χ4n) is 5.09. The topological polar surface area (TPSA) is 58.4 Å². The highest BCUT2D eigenvalue weighted by molar-refractivity contribution is 6.36. The van der Waals surface area contributed by atoms with Gasteiger partial charge in [0, 0.05) is 49.4 Å². The van der Waals surface area contributed by atoms with Crippen LogP contribution in [0.5, 0.6) is 0 Å². The van der Waals surface area contributed by atoms with Crippen molar-refractivity contribution in [2.24, 2.45) is 0 Å². The van der Waals surface area contributed by atoms with Gasteiger partial charge >= 0.3 is 0 Å². The minimum absolute atomic E-state index is 0.400. The van der Waals surface area contributed by atoms with Crippen LogP contribution in [-0.4, -0.2) is 45.4 Å². The van der Waals surface area contributed by atoms with E-state index in [4.69, 9.17) is 12.8 Å². The minimum atomic E-state index is 0.400. The molecule has 0 aliphatic carbocycles. The number of rotatable bonds is 6. The molecule has 6 nitrogen and oxygen atoms in total. The fourth-order valence-corrected chi connectivity index (χ4v) is 5.09. The van der Waals surface area contributed by atoms with Crippen molar-refractivity contribution in [3.63, 3.8) is 0 Å². The Labute approximate surface area is 206 Å². The maximum Gasteiger partial charge on any atom is 0.150 e. The SMILES string of the molecule is [B]c1cnn2c(NCc3cccnc3)cc(C3CCN(Cc4cccc5ccccc45)CC3)nc12. The second-order valence-electron chi connectivity index (χ2n) is 9.31. The first-order valence-corrected chi connectivity index (χ1v) is 12.2. The van der Waals surface area contributed by atoms with E-state index in [0.29, 0.717) is 17.9 Å². The molecule has 35 heavy (non-hydrogen) atoms. The normalized spacial score (nSPS) is 15.1. The third-order valence-corrected chi connectivity index (χ3v) is 7.00. The second kappa shape index (κ2) is 9.51. The van der Waals surface area contributed by atoms with E-state index in [1.807, 2.05) is 12.3 Å². The van der Waals surface area contributed by atoms with Gasteiger partial charge in [0.05, 0.1) is 0 Å². The number of likely N-dealkylation sites (tertiary alicyclic amines) is 1. The predicted octanol–water partition coefficient (Wildman–Crippen LogP) is 4.06. The zero-order chi connectivity index (χ0) is 23.6. The molecule has 2 aromatic carbocycles. The maximum absolute atomic E-state index is 6.21. The molecule has 7 heteroatoms. The van der Waals surface area contributed by atoms with Crippen molar-refractivity contribution in [2.45, 2.75) is 31.8 Å². The van der Waals surface area contributed by atoms with Crippen LogP contribution in [0, 0.1) is 0 Å². The number of nitrogens with one attached hydrogen (secondary N) is 1. The van der Waals surface area contributed by atoms with E-state index < -0.39 is 0 Å². The summed E-state index contributed by atoms with van der Waals surface area (Å²) in [7, 11) is 6.21. The number of pyridine rings is 1. The number of fused-ring (bicyclic) bond motifs is 2. The van der Waals surface area contributed by atoms with Crippen LogP contribution < -0.4 is 10.8 Å². The van der Waals surface area contributed by atoms with Crippen LogP contribution in [0.1, 0.15) is 35.6 Å². The Morgan fingerprint density at radius 1 is 0.971 bits per heavy atom. The number of aromatic nitrogens is 4. The van der Waals surface area contributed by atoms with Gasteiger partial charge in [-0.2, -0.15) is 9.61 Å². The highest BCUT2D eigenvalue weighted by atomic mass is 15.3. The van der Waals surface area contributed by atoms with Crippen molar-refractivity contribution < 1.29 is 0 Å². The van der Waals surface area contributed by atoms with Crippen molar-refractivity contribution in [3.05, 3.63) is 96.1 Å². The minimum Gasteiger partial charge on any atom is -0.366 e. The first-order chi connectivity index (χ1) is 17.2. The van der Waals surface area contributed by atoms with Crippen molar-refractivity contribution in [1.29, 1.82) is 0 Å². The summed E-state index contributed by atoms with van der Waals surface area (Å²) in [6.07, 6.45) is 7.48. The number of piperidine rings is 1. The van der Waals surface area contributed by atoms with Gasteiger partial charge in [-0.1, -0.05) is 48.5 Å². The Bertz CT molecular complexity index is 1450. The van der Waals surface area contributed by atoms with Gasteiger partial charge in [-0.25, -0.2) is 4.98 Å². The summed E-state index contributed by atoms with van der Waals surface area (Å²) in [5.41, 5.74) is 4.91. The van der Waals surface area contributed by atoms with Crippen LogP contribution in [0.4, 0.5) is 5.82 Å². The summed E-state index contributed by atoms with van der Waals surface area (Å²) in [5, 5.41) is 10.6. The third kappa shape index (κ3) is 4.51. The molecular formula is C28H27BN6. The number of nitrogens with zero attached hydrogens (tertiary/aromatic N) is 5. The lowest BCUT2D eigenvalue weighted by Gasteiger charge is -2.32. The molecule has 0 bridgehead atoms. The average Bonchev–Trinajstić information content (AvgIpc) is 3.29. The molecular weight excluding hydrogens is 431 g/mol. The molecule has 0 saturated carbocycles. The summed E-state index contributed by atoms with van der Waals surface area (Å²) in [6, 6.07) is 21.4. The predicted molar refractivity (Wildman–Crippen MR) is 141 cm³/mol. The summed E-state index contributed by atoms with van der Waals surface area (Å²) >= 11 is 0. The number of hydrogen-bond acceptors (Lipinski definition) is 5. The van der Waals surface area contributed by atoms with Gasteiger partial charge in [0.25, 0.3) is 0 Å². The molecule has 1 aliphatic heterocycles. The summed E-state index contributed by atoms with van der Waals surface area (Å²) in [5.74, 6) is 1.31. The lowest BCUT2D eigenvalue weighted by Crippen LogP contribution is -2.33. The van der Waals surface area contributed by atoms with E-state index in [9.17, 15) is 0 Å². The Balaban J connectivity index is 1.19. The summed E-state index contributed by atoms with van der Waals surface area (Å²) < 4.78 is 1.80. The average molecular weight is 458 g/mol. The Morgan fingerprint density at radius 3 is 2.69 bits per heavy atom. The molecule has 172 valence electrons. The smallest absolute Gasteiger partial charge is 0.150 e. The summed E-state index contributed by atoms with van der Waals surface area (Å²) in [6.45, 7) is 3.74. The van der Waals surface area contributed by atoms with E-state index in [1.165, 1.54) is 16.3 Å². The summed E-state index contributed by atoms with van der Waals surface area (Å²) in [4.78, 5) is 11.7. The van der Waals surface area contributed by atoms with Gasteiger partial charge in [-0.05, 0) is 59.4 Å². The van der Waals surface area contributed by atoms with E-state index in [0.717, 1.165) is 55.2 Å². The van der Waals surface area contributed by atoms with Crippen molar-refractivity contribution in [1.82, 2.24) is 24.5 Å². The number of anilines is 1. The van der Waals surface area contributed by atoms with E-state index >= 15 is 0 Å². The quantitative estimate of drug-likeness (QED) is 0.389. The maximum atomic E-state index is 6.21. The largest absolute Gasteiger partial charge is 0.366 e. The molecule has 1 N–H and O–H groups in total. The van der Waals surface area contributed by atoms with Crippen LogP contribution in [0.3, 0.4) is 0 Å². The van der Waals surface area contributed by atoms with Crippen molar-refractivity contribution >= 4 is 35.5 Å². The van der Waals surface area contributed by atoms with Gasteiger partial charge < -0.3 is 5.32 Å². The molecule has 0 unspecified atom stereocenters. The van der Waals surface area contributed by atoms with Crippen LogP contribution >= 0.6 is 0 Å². The molecule has 5 aromatic rings. The molecule has 1 aliphatic rings. The highest BCUT2D eigenvalue weighted by Gasteiger charge is 2.23. The molecule has 0 amide bonds.